The predicted molar refractivity (Wildman–Crippen MR) is 116 cm³/mol. The van der Waals surface area contributed by atoms with Gasteiger partial charge >= 0.3 is 5.97 Å². The molecule has 4 rings (SSSR count). The maximum Gasteiger partial charge on any atom is 0.335 e. The van der Waals surface area contributed by atoms with Gasteiger partial charge in [0.2, 0.25) is 5.79 Å². The van der Waals surface area contributed by atoms with Gasteiger partial charge in [-0.15, -0.1) is 0 Å². The number of benzene rings is 2. The van der Waals surface area contributed by atoms with Crippen molar-refractivity contribution in [3.05, 3.63) is 87.9 Å². The first-order valence-corrected chi connectivity index (χ1v) is 10.2. The normalized spacial score (nSPS) is 20.2. The number of nitrogens with zero attached hydrogens (tertiary/aromatic N) is 2. The fourth-order valence-electron chi connectivity index (χ4n) is 3.14. The molecule has 0 bridgehead atoms. The van der Waals surface area contributed by atoms with Crippen molar-refractivity contribution in [1.29, 1.82) is 0 Å². The second kappa shape index (κ2) is 10.3. The summed E-state index contributed by atoms with van der Waals surface area (Å²) in [4.78, 5) is 14.4. The molecule has 1 aliphatic rings. The molecular formula is C22H22Cl2N2O5. The maximum atomic E-state index is 10.2. The van der Waals surface area contributed by atoms with E-state index in [4.69, 9.17) is 37.8 Å². The molecule has 0 aliphatic carbocycles. The summed E-state index contributed by atoms with van der Waals surface area (Å²) in [6, 6.07) is 13.5. The second-order valence-corrected chi connectivity index (χ2v) is 7.73. The number of aliphatic hydroxyl groups is 1. The quantitative estimate of drug-likeness (QED) is 0.588. The lowest BCUT2D eigenvalue weighted by atomic mass is 10.1. The number of halogens is 2. The van der Waals surface area contributed by atoms with Crippen molar-refractivity contribution in [2.45, 2.75) is 25.4 Å². The van der Waals surface area contributed by atoms with Gasteiger partial charge in [0.05, 0.1) is 30.3 Å². The number of ether oxygens (including phenoxy) is 2. The molecule has 0 radical (unpaired) electrons. The highest BCUT2D eigenvalue weighted by Crippen LogP contribution is 2.40. The van der Waals surface area contributed by atoms with Gasteiger partial charge in [-0.25, -0.2) is 9.78 Å². The van der Waals surface area contributed by atoms with Crippen LogP contribution >= 0.6 is 23.2 Å². The topological polar surface area (TPSA) is 93.8 Å². The number of hydrogen-bond acceptors (Lipinski definition) is 5. The number of rotatable bonds is 5. The molecule has 2 aromatic carbocycles. The van der Waals surface area contributed by atoms with Gasteiger partial charge in [0, 0.05) is 23.0 Å². The Hall–Kier alpha value is -2.42. The van der Waals surface area contributed by atoms with Crippen molar-refractivity contribution in [3.8, 4) is 0 Å². The summed E-state index contributed by atoms with van der Waals surface area (Å²) in [6.45, 7) is 2.46. The van der Waals surface area contributed by atoms with Crippen LogP contribution in [0.4, 0.5) is 0 Å². The molecular weight excluding hydrogens is 443 g/mol. The first-order chi connectivity index (χ1) is 14.8. The molecule has 2 N–H and O–H groups in total. The number of carboxylic acids is 1. The minimum Gasteiger partial charge on any atom is -0.478 e. The fraction of sp³-hybridized carbons (Fsp3) is 0.273. The first kappa shape index (κ1) is 23.2. The SMILES string of the molecule is Cc1nccn1CC1(c2ccc(Cl)cc2Cl)OCC(CO)O1.O=C(O)c1ccccc1. The molecule has 1 saturated heterocycles. The zero-order valence-corrected chi connectivity index (χ0v) is 18.3. The van der Waals surface area contributed by atoms with Gasteiger partial charge in [0.1, 0.15) is 11.9 Å². The standard InChI is InChI=1S/C15H16Cl2N2O3.C7H6O2/c1-10-18-4-5-19(10)9-15(21-8-12(7-20)22-15)13-3-2-11(16)6-14(13)17;8-7(9)6-4-2-1-3-5-6/h2-6,12,20H,7-9H2,1H3;1-5H,(H,8,9). The van der Waals surface area contributed by atoms with Crippen LogP contribution in [0.5, 0.6) is 0 Å². The molecule has 164 valence electrons. The third kappa shape index (κ3) is 5.64. The molecule has 1 fully saturated rings. The number of aromatic nitrogens is 2. The van der Waals surface area contributed by atoms with Crippen LogP contribution in [0.3, 0.4) is 0 Å². The van der Waals surface area contributed by atoms with E-state index in [0.29, 0.717) is 34.3 Å². The molecule has 0 saturated carbocycles. The molecule has 3 aromatic rings. The highest BCUT2D eigenvalue weighted by molar-refractivity contribution is 6.35. The van der Waals surface area contributed by atoms with Gasteiger partial charge in [-0.05, 0) is 31.2 Å². The van der Waals surface area contributed by atoms with Crippen molar-refractivity contribution >= 4 is 29.2 Å². The summed E-state index contributed by atoms with van der Waals surface area (Å²) < 4.78 is 13.8. The van der Waals surface area contributed by atoms with Crippen molar-refractivity contribution in [1.82, 2.24) is 9.55 Å². The molecule has 9 heteroatoms. The van der Waals surface area contributed by atoms with Crippen molar-refractivity contribution in [2.75, 3.05) is 13.2 Å². The third-order valence-corrected chi connectivity index (χ3v) is 5.28. The number of imidazole rings is 1. The van der Waals surface area contributed by atoms with Crippen LogP contribution in [0.15, 0.2) is 60.9 Å². The van der Waals surface area contributed by atoms with Crippen LogP contribution in [0.25, 0.3) is 0 Å². The average molecular weight is 465 g/mol. The Morgan fingerprint density at radius 1 is 1.26 bits per heavy atom. The van der Waals surface area contributed by atoms with Crippen LogP contribution in [0.2, 0.25) is 10.0 Å². The summed E-state index contributed by atoms with van der Waals surface area (Å²) in [5.74, 6) is -1.11. The Balaban J connectivity index is 0.000000254. The molecule has 2 heterocycles. The van der Waals surface area contributed by atoms with Gasteiger partial charge in [0.25, 0.3) is 0 Å². The van der Waals surface area contributed by atoms with Crippen molar-refractivity contribution in [3.63, 3.8) is 0 Å². The van der Waals surface area contributed by atoms with E-state index in [1.165, 1.54) is 0 Å². The summed E-state index contributed by atoms with van der Waals surface area (Å²) in [6.07, 6.45) is 3.17. The molecule has 2 unspecified atom stereocenters. The number of aryl methyl sites for hydroxylation is 1. The Bertz CT molecular complexity index is 1030. The molecule has 2 atom stereocenters. The van der Waals surface area contributed by atoms with E-state index in [9.17, 15) is 9.90 Å². The molecule has 31 heavy (non-hydrogen) atoms. The monoisotopic (exact) mass is 464 g/mol. The number of aliphatic hydroxyl groups excluding tert-OH is 1. The lowest BCUT2D eigenvalue weighted by Crippen LogP contribution is -2.34. The van der Waals surface area contributed by atoms with Crippen molar-refractivity contribution < 1.29 is 24.5 Å². The number of aromatic carboxylic acids is 1. The van der Waals surface area contributed by atoms with E-state index in [-0.39, 0.29) is 6.61 Å². The first-order valence-electron chi connectivity index (χ1n) is 9.49. The lowest BCUT2D eigenvalue weighted by molar-refractivity contribution is -0.190. The maximum absolute atomic E-state index is 10.2. The Morgan fingerprint density at radius 3 is 2.52 bits per heavy atom. The summed E-state index contributed by atoms with van der Waals surface area (Å²) >= 11 is 12.3. The number of carboxylic acid groups (broad SMARTS) is 1. The van der Waals surface area contributed by atoms with Crippen LogP contribution in [0, 0.1) is 6.92 Å². The lowest BCUT2D eigenvalue weighted by Gasteiger charge is -2.30. The van der Waals surface area contributed by atoms with Crippen LogP contribution in [-0.4, -0.2) is 45.1 Å². The van der Waals surface area contributed by atoms with Crippen molar-refractivity contribution in [2.24, 2.45) is 0 Å². The van der Waals surface area contributed by atoms with E-state index < -0.39 is 17.9 Å². The van der Waals surface area contributed by atoms with Gasteiger partial charge < -0.3 is 24.3 Å². The minimum atomic E-state index is -1.07. The molecule has 1 aliphatic heterocycles. The summed E-state index contributed by atoms with van der Waals surface area (Å²) in [5, 5.41) is 18.7. The van der Waals surface area contributed by atoms with Gasteiger partial charge in [-0.3, -0.25) is 0 Å². The zero-order valence-electron chi connectivity index (χ0n) is 16.7. The van der Waals surface area contributed by atoms with Gasteiger partial charge in [0.15, 0.2) is 0 Å². The molecule has 0 spiro atoms. The third-order valence-electron chi connectivity index (χ3n) is 4.73. The fourth-order valence-corrected chi connectivity index (χ4v) is 3.69. The Kier molecular flexibility index (Phi) is 7.69. The van der Waals surface area contributed by atoms with Crippen LogP contribution in [0.1, 0.15) is 21.7 Å². The van der Waals surface area contributed by atoms with Gasteiger partial charge in [-0.2, -0.15) is 0 Å². The Labute approximate surface area is 189 Å². The van der Waals surface area contributed by atoms with E-state index in [1.807, 2.05) is 17.7 Å². The van der Waals surface area contributed by atoms with Gasteiger partial charge in [-0.1, -0.05) is 47.5 Å². The van der Waals surface area contributed by atoms with E-state index in [1.54, 1.807) is 54.7 Å². The van der Waals surface area contributed by atoms with E-state index >= 15 is 0 Å². The average Bonchev–Trinajstić information content (AvgIpc) is 3.36. The van der Waals surface area contributed by atoms with Crippen LogP contribution in [-0.2, 0) is 21.8 Å². The molecule has 0 amide bonds. The molecule has 1 aromatic heterocycles. The number of carbonyl (C=O) groups is 1. The largest absolute Gasteiger partial charge is 0.478 e. The highest BCUT2D eigenvalue weighted by Gasteiger charge is 2.45. The van der Waals surface area contributed by atoms with Crippen LogP contribution < -0.4 is 0 Å². The van der Waals surface area contributed by atoms with E-state index in [0.717, 1.165) is 5.82 Å². The summed E-state index contributed by atoms with van der Waals surface area (Å²) in [7, 11) is 0. The molecule has 7 nitrogen and oxygen atoms in total. The van der Waals surface area contributed by atoms with E-state index in [2.05, 4.69) is 4.98 Å². The summed E-state index contributed by atoms with van der Waals surface area (Å²) in [5.41, 5.74) is 1.01. The second-order valence-electron chi connectivity index (χ2n) is 6.88. The smallest absolute Gasteiger partial charge is 0.335 e. The number of hydrogen-bond donors (Lipinski definition) is 2. The minimum absolute atomic E-state index is 0.115. The zero-order chi connectivity index (χ0) is 22.4. The highest BCUT2D eigenvalue weighted by atomic mass is 35.5. The predicted octanol–water partition coefficient (Wildman–Crippen LogP) is 4.14. The Morgan fingerprint density at radius 2 is 2.00 bits per heavy atom.